The average molecular weight is 303 g/mol. The molecule has 2 N–H and O–H groups in total. The van der Waals surface area contributed by atoms with Gasteiger partial charge in [-0.1, -0.05) is 6.92 Å². The summed E-state index contributed by atoms with van der Waals surface area (Å²) in [5, 5.41) is 0. The maximum atomic E-state index is 6.07. The van der Waals surface area contributed by atoms with Crippen LogP contribution in [0.3, 0.4) is 0 Å². The van der Waals surface area contributed by atoms with E-state index >= 15 is 0 Å². The average Bonchev–Trinajstić information content (AvgIpc) is 2.55. The maximum Gasteiger partial charge on any atom is 0.225 e. The van der Waals surface area contributed by atoms with Gasteiger partial charge in [-0.3, -0.25) is 4.90 Å². The Hall–Kier alpha value is -1.20. The molecule has 0 radical (unpaired) electrons. The molecule has 3 rings (SSSR count). The third-order valence-corrected chi connectivity index (χ3v) is 5.05. The third kappa shape index (κ3) is 3.41. The second-order valence-electron chi connectivity index (χ2n) is 6.70. The predicted octanol–water partition coefficient (Wildman–Crippen LogP) is 1.52. The summed E-state index contributed by atoms with van der Waals surface area (Å²) in [5.41, 5.74) is 9.96. The van der Waals surface area contributed by atoms with E-state index in [1.807, 2.05) is 0 Å². The largest absolute Gasteiger partial charge is 0.338 e. The molecule has 122 valence electrons. The van der Waals surface area contributed by atoms with Crippen LogP contribution in [0.25, 0.3) is 0 Å². The van der Waals surface area contributed by atoms with Crippen LogP contribution in [0.2, 0.25) is 0 Å². The third-order valence-electron chi connectivity index (χ3n) is 5.05. The van der Waals surface area contributed by atoms with E-state index in [0.29, 0.717) is 6.04 Å². The van der Waals surface area contributed by atoms with Gasteiger partial charge in [-0.25, -0.2) is 9.97 Å². The highest BCUT2D eigenvalue weighted by Gasteiger charge is 2.22. The Kier molecular flexibility index (Phi) is 4.93. The number of nitrogens with two attached hydrogens (primary N) is 1. The van der Waals surface area contributed by atoms with Gasteiger partial charge in [0.1, 0.15) is 0 Å². The van der Waals surface area contributed by atoms with Crippen molar-refractivity contribution < 1.29 is 0 Å². The second kappa shape index (κ2) is 6.92. The fourth-order valence-corrected chi connectivity index (χ4v) is 3.50. The number of aromatic nitrogens is 2. The van der Waals surface area contributed by atoms with Crippen LogP contribution in [0.15, 0.2) is 0 Å². The minimum Gasteiger partial charge on any atom is -0.338 e. The van der Waals surface area contributed by atoms with Crippen LogP contribution in [-0.4, -0.2) is 53.6 Å². The van der Waals surface area contributed by atoms with E-state index in [1.54, 1.807) is 0 Å². The maximum absolute atomic E-state index is 6.07. The Morgan fingerprint density at radius 1 is 1.09 bits per heavy atom. The summed E-state index contributed by atoms with van der Waals surface area (Å²) in [4.78, 5) is 14.5. The molecule has 5 nitrogen and oxygen atoms in total. The number of fused-ring (bicyclic) bond motifs is 1. The molecule has 1 fully saturated rings. The van der Waals surface area contributed by atoms with Crippen LogP contribution in [0.1, 0.15) is 43.1 Å². The minimum absolute atomic E-state index is 0.300. The number of hydrogen-bond donors (Lipinski definition) is 1. The van der Waals surface area contributed by atoms with E-state index in [0.717, 1.165) is 57.9 Å². The summed E-state index contributed by atoms with van der Waals surface area (Å²) >= 11 is 0. The van der Waals surface area contributed by atoms with Crippen molar-refractivity contribution in [2.24, 2.45) is 5.73 Å². The number of anilines is 1. The zero-order valence-electron chi connectivity index (χ0n) is 14.0. The fraction of sp³-hybridized carbons (Fsp3) is 0.765. The lowest BCUT2D eigenvalue weighted by atomic mass is 9.95. The van der Waals surface area contributed by atoms with Crippen molar-refractivity contribution in [1.29, 1.82) is 0 Å². The summed E-state index contributed by atoms with van der Waals surface area (Å²) in [7, 11) is 0. The predicted molar refractivity (Wildman–Crippen MR) is 90.3 cm³/mol. The molecule has 22 heavy (non-hydrogen) atoms. The molecule has 1 unspecified atom stereocenters. The summed E-state index contributed by atoms with van der Waals surface area (Å²) in [6, 6.07) is 0.300. The SMILES string of the molecule is CCC(N)CN1CCN(c2nc(C)c3c(n2)CCCC3)CC1. The van der Waals surface area contributed by atoms with Gasteiger partial charge in [0.05, 0.1) is 0 Å². The Balaban J connectivity index is 1.65. The molecular weight excluding hydrogens is 274 g/mol. The molecule has 1 aromatic rings. The molecule has 0 saturated carbocycles. The first-order valence-electron chi connectivity index (χ1n) is 8.76. The topological polar surface area (TPSA) is 58.3 Å². The van der Waals surface area contributed by atoms with Crippen LogP contribution in [0.5, 0.6) is 0 Å². The number of hydrogen-bond acceptors (Lipinski definition) is 5. The van der Waals surface area contributed by atoms with Crippen molar-refractivity contribution in [3.63, 3.8) is 0 Å². The molecule has 0 spiro atoms. The number of nitrogens with zero attached hydrogens (tertiary/aromatic N) is 4. The molecular formula is C17H29N5. The summed E-state index contributed by atoms with van der Waals surface area (Å²) < 4.78 is 0. The quantitative estimate of drug-likeness (QED) is 0.914. The van der Waals surface area contributed by atoms with Crippen molar-refractivity contribution in [3.05, 3.63) is 17.0 Å². The molecule has 1 atom stereocenters. The standard InChI is InChI=1S/C17H29N5/c1-3-14(18)12-21-8-10-22(11-9-21)17-19-13(2)15-6-4-5-7-16(15)20-17/h14H,3-12,18H2,1-2H3. The molecule has 2 heterocycles. The van der Waals surface area contributed by atoms with Gasteiger partial charge in [-0.05, 0) is 44.6 Å². The molecule has 1 aliphatic heterocycles. The van der Waals surface area contributed by atoms with Gasteiger partial charge in [-0.15, -0.1) is 0 Å². The van der Waals surface area contributed by atoms with Gasteiger partial charge in [0.15, 0.2) is 0 Å². The van der Waals surface area contributed by atoms with E-state index in [-0.39, 0.29) is 0 Å². The minimum atomic E-state index is 0.300. The number of piperazine rings is 1. The molecule has 0 aromatic carbocycles. The van der Waals surface area contributed by atoms with E-state index in [4.69, 9.17) is 15.7 Å². The Bertz CT molecular complexity index is 508. The van der Waals surface area contributed by atoms with E-state index in [1.165, 1.54) is 29.8 Å². The summed E-state index contributed by atoms with van der Waals surface area (Å²) in [6.07, 6.45) is 5.88. The van der Waals surface area contributed by atoms with Crippen LogP contribution in [-0.2, 0) is 12.8 Å². The smallest absolute Gasteiger partial charge is 0.225 e. The van der Waals surface area contributed by atoms with Gasteiger partial charge in [0.2, 0.25) is 5.95 Å². The van der Waals surface area contributed by atoms with Crippen molar-refractivity contribution in [2.75, 3.05) is 37.6 Å². The fourth-order valence-electron chi connectivity index (χ4n) is 3.50. The zero-order valence-corrected chi connectivity index (χ0v) is 14.0. The van der Waals surface area contributed by atoms with E-state index in [2.05, 4.69) is 23.6 Å². The summed E-state index contributed by atoms with van der Waals surface area (Å²) in [6.45, 7) is 9.45. The second-order valence-corrected chi connectivity index (χ2v) is 6.70. The van der Waals surface area contributed by atoms with Gasteiger partial charge in [-0.2, -0.15) is 0 Å². The molecule has 0 amide bonds. The van der Waals surface area contributed by atoms with Crippen molar-refractivity contribution >= 4 is 5.95 Å². The zero-order chi connectivity index (χ0) is 15.5. The van der Waals surface area contributed by atoms with E-state index < -0.39 is 0 Å². The molecule has 1 aliphatic carbocycles. The monoisotopic (exact) mass is 303 g/mol. The van der Waals surface area contributed by atoms with Crippen LogP contribution in [0.4, 0.5) is 5.95 Å². The van der Waals surface area contributed by atoms with Crippen molar-refractivity contribution in [3.8, 4) is 0 Å². The molecule has 0 bridgehead atoms. The first-order chi connectivity index (χ1) is 10.7. The highest BCUT2D eigenvalue weighted by Crippen LogP contribution is 2.24. The van der Waals surface area contributed by atoms with Crippen LogP contribution in [0, 0.1) is 6.92 Å². The van der Waals surface area contributed by atoms with E-state index in [9.17, 15) is 0 Å². The van der Waals surface area contributed by atoms with Crippen molar-refractivity contribution in [2.45, 2.75) is 52.0 Å². The normalized spacial score (nSPS) is 20.8. The number of rotatable bonds is 4. The Labute approximate surface area is 133 Å². The van der Waals surface area contributed by atoms with Gasteiger partial charge < -0.3 is 10.6 Å². The van der Waals surface area contributed by atoms with Gasteiger partial charge in [0, 0.05) is 50.2 Å². The van der Waals surface area contributed by atoms with Crippen LogP contribution >= 0.6 is 0 Å². The highest BCUT2D eigenvalue weighted by atomic mass is 15.3. The Morgan fingerprint density at radius 2 is 1.82 bits per heavy atom. The molecule has 5 heteroatoms. The van der Waals surface area contributed by atoms with Gasteiger partial charge >= 0.3 is 0 Å². The first kappa shape index (κ1) is 15.7. The first-order valence-corrected chi connectivity index (χ1v) is 8.76. The lowest BCUT2D eigenvalue weighted by Crippen LogP contribution is -2.50. The Morgan fingerprint density at radius 3 is 2.55 bits per heavy atom. The van der Waals surface area contributed by atoms with Crippen molar-refractivity contribution in [1.82, 2.24) is 14.9 Å². The molecule has 1 saturated heterocycles. The highest BCUT2D eigenvalue weighted by molar-refractivity contribution is 5.38. The number of aryl methyl sites for hydroxylation is 2. The summed E-state index contributed by atoms with van der Waals surface area (Å²) in [5.74, 6) is 0.942. The van der Waals surface area contributed by atoms with Crippen LogP contribution < -0.4 is 10.6 Å². The lowest BCUT2D eigenvalue weighted by Gasteiger charge is -2.36. The molecule has 1 aromatic heterocycles. The molecule has 2 aliphatic rings. The lowest BCUT2D eigenvalue weighted by molar-refractivity contribution is 0.239. The van der Waals surface area contributed by atoms with Gasteiger partial charge in [0.25, 0.3) is 0 Å².